The minimum Gasteiger partial charge on any atom is -0.399 e. The summed E-state index contributed by atoms with van der Waals surface area (Å²) in [5.41, 5.74) is 17.7. The molecule has 1 amide bonds. The second-order valence-corrected chi connectivity index (χ2v) is 5.52. The van der Waals surface area contributed by atoms with Crippen molar-refractivity contribution in [2.75, 3.05) is 25.6 Å². The molecule has 0 fully saturated rings. The molecule has 0 spiro atoms. The number of nitrogen functional groups attached to an aromatic ring is 2. The van der Waals surface area contributed by atoms with Gasteiger partial charge in [0.1, 0.15) is 0 Å². The predicted octanol–water partition coefficient (Wildman–Crippen LogP) is 1.68. The molecule has 0 heterocycles. The Morgan fingerprint density at radius 1 is 1.13 bits per heavy atom. The maximum Gasteiger partial charge on any atom is 0.271 e. The maximum absolute atomic E-state index is 12.0. The van der Waals surface area contributed by atoms with Crippen LogP contribution >= 0.6 is 0 Å². The number of benzene rings is 2. The highest BCUT2D eigenvalue weighted by atomic mass is 16.2. The number of carbonyl (C=O) groups is 1. The van der Waals surface area contributed by atoms with E-state index in [0.29, 0.717) is 16.9 Å². The van der Waals surface area contributed by atoms with E-state index in [1.54, 1.807) is 30.5 Å². The number of nitrogens with one attached hydrogen (secondary N) is 1. The van der Waals surface area contributed by atoms with Crippen LogP contribution in [-0.4, -0.2) is 31.1 Å². The van der Waals surface area contributed by atoms with Crippen LogP contribution in [0.1, 0.15) is 21.5 Å². The zero-order valence-electron chi connectivity index (χ0n) is 13.3. The lowest BCUT2D eigenvalue weighted by Gasteiger charge is -2.12. The number of carbonyl (C=O) groups excluding carboxylic acids is 1. The Labute approximate surface area is 135 Å². The highest BCUT2D eigenvalue weighted by Gasteiger charge is 2.05. The molecule has 0 aliphatic rings. The largest absolute Gasteiger partial charge is 0.399 e. The summed E-state index contributed by atoms with van der Waals surface area (Å²) in [6.07, 6.45) is 1.62. The first-order valence-electron chi connectivity index (χ1n) is 7.18. The minimum atomic E-state index is -0.286. The van der Waals surface area contributed by atoms with E-state index in [1.807, 2.05) is 37.2 Å². The van der Waals surface area contributed by atoms with Gasteiger partial charge in [0.05, 0.1) is 6.21 Å². The van der Waals surface area contributed by atoms with Gasteiger partial charge in [0.25, 0.3) is 5.91 Å². The Bertz CT molecular complexity index is 707. The average molecular weight is 311 g/mol. The lowest BCUT2D eigenvalue weighted by atomic mass is 10.1. The number of nitrogens with two attached hydrogens (primary N) is 2. The number of anilines is 2. The minimum absolute atomic E-state index is 0.286. The van der Waals surface area contributed by atoms with Crippen molar-refractivity contribution in [3.8, 4) is 0 Å². The van der Waals surface area contributed by atoms with Crippen LogP contribution in [0.5, 0.6) is 0 Å². The van der Waals surface area contributed by atoms with E-state index in [0.717, 1.165) is 17.7 Å². The van der Waals surface area contributed by atoms with Crippen LogP contribution in [0.4, 0.5) is 11.4 Å². The van der Waals surface area contributed by atoms with E-state index in [2.05, 4.69) is 10.5 Å². The lowest BCUT2D eigenvalue weighted by molar-refractivity contribution is 0.0955. The summed E-state index contributed by atoms with van der Waals surface area (Å²) in [6, 6.07) is 12.3. The van der Waals surface area contributed by atoms with Crippen LogP contribution in [0.25, 0.3) is 0 Å². The number of hydrogen-bond donors (Lipinski definition) is 3. The zero-order chi connectivity index (χ0) is 16.8. The molecule has 6 heteroatoms. The van der Waals surface area contributed by atoms with Gasteiger partial charge in [0.15, 0.2) is 0 Å². The first-order valence-corrected chi connectivity index (χ1v) is 7.18. The smallest absolute Gasteiger partial charge is 0.271 e. The first kappa shape index (κ1) is 16.5. The molecule has 0 radical (unpaired) electrons. The second-order valence-electron chi connectivity index (χ2n) is 5.52. The Kier molecular flexibility index (Phi) is 5.32. The molecule has 2 rings (SSSR count). The molecule has 0 saturated heterocycles. The van der Waals surface area contributed by atoms with E-state index in [9.17, 15) is 4.79 Å². The van der Waals surface area contributed by atoms with Crippen molar-refractivity contribution in [2.45, 2.75) is 6.54 Å². The Hall–Kier alpha value is -2.86. The first-order chi connectivity index (χ1) is 11.0. The molecule has 0 aliphatic heterocycles. The topological polar surface area (TPSA) is 96.7 Å². The van der Waals surface area contributed by atoms with Gasteiger partial charge in [-0.1, -0.05) is 6.07 Å². The predicted molar refractivity (Wildman–Crippen MR) is 94.2 cm³/mol. The van der Waals surface area contributed by atoms with E-state index < -0.39 is 0 Å². The molecular formula is C17H21N5O. The van der Waals surface area contributed by atoms with Crippen LogP contribution in [0.2, 0.25) is 0 Å². The molecule has 0 aliphatic carbocycles. The van der Waals surface area contributed by atoms with Crippen molar-refractivity contribution < 1.29 is 4.79 Å². The normalized spacial score (nSPS) is 11.1. The molecule has 0 aromatic heterocycles. The fourth-order valence-electron chi connectivity index (χ4n) is 2.09. The van der Waals surface area contributed by atoms with Gasteiger partial charge >= 0.3 is 0 Å². The van der Waals surface area contributed by atoms with Crippen molar-refractivity contribution >= 4 is 23.5 Å². The number of hydrogen-bond acceptors (Lipinski definition) is 5. The van der Waals surface area contributed by atoms with Crippen LogP contribution in [-0.2, 0) is 6.54 Å². The number of rotatable bonds is 5. The molecule has 2 aromatic carbocycles. The summed E-state index contributed by atoms with van der Waals surface area (Å²) >= 11 is 0. The molecule has 0 bridgehead atoms. The van der Waals surface area contributed by atoms with E-state index in [1.165, 1.54) is 0 Å². The lowest BCUT2D eigenvalue weighted by Crippen LogP contribution is -2.18. The van der Waals surface area contributed by atoms with E-state index in [4.69, 9.17) is 11.5 Å². The fourth-order valence-corrected chi connectivity index (χ4v) is 2.09. The number of amides is 1. The third kappa shape index (κ3) is 4.82. The summed E-state index contributed by atoms with van der Waals surface area (Å²) in [6.45, 7) is 0.734. The van der Waals surface area contributed by atoms with E-state index >= 15 is 0 Å². The molecule has 5 N–H and O–H groups in total. The molecule has 6 nitrogen and oxygen atoms in total. The Morgan fingerprint density at radius 2 is 1.78 bits per heavy atom. The van der Waals surface area contributed by atoms with Crippen molar-refractivity contribution in [1.29, 1.82) is 0 Å². The molecule has 120 valence electrons. The van der Waals surface area contributed by atoms with Crippen LogP contribution in [0, 0.1) is 0 Å². The summed E-state index contributed by atoms with van der Waals surface area (Å²) in [4.78, 5) is 14.0. The fraction of sp³-hybridized carbons (Fsp3) is 0.176. The molecule has 0 atom stereocenters. The average Bonchev–Trinajstić information content (AvgIpc) is 2.49. The van der Waals surface area contributed by atoms with Crippen molar-refractivity contribution in [3.05, 3.63) is 59.2 Å². The molecule has 23 heavy (non-hydrogen) atoms. The summed E-state index contributed by atoms with van der Waals surface area (Å²) in [5.74, 6) is -0.286. The van der Waals surface area contributed by atoms with Gasteiger partial charge in [-0.25, -0.2) is 5.43 Å². The Morgan fingerprint density at radius 3 is 2.43 bits per heavy atom. The van der Waals surface area contributed by atoms with Gasteiger partial charge in [-0.2, -0.15) is 5.10 Å². The molecule has 0 unspecified atom stereocenters. The van der Waals surface area contributed by atoms with Gasteiger partial charge in [-0.15, -0.1) is 0 Å². The molecule has 2 aromatic rings. The van der Waals surface area contributed by atoms with Gasteiger partial charge in [0, 0.05) is 23.5 Å². The quantitative estimate of drug-likeness (QED) is 0.444. The highest BCUT2D eigenvalue weighted by molar-refractivity contribution is 5.95. The monoisotopic (exact) mass is 311 g/mol. The van der Waals surface area contributed by atoms with Crippen molar-refractivity contribution in [3.63, 3.8) is 0 Å². The van der Waals surface area contributed by atoms with Gasteiger partial charge in [-0.05, 0) is 61.6 Å². The van der Waals surface area contributed by atoms with Gasteiger partial charge in [-0.3, -0.25) is 4.79 Å². The maximum atomic E-state index is 12.0. The standard InChI is InChI=1S/C17H21N5O/c1-22(2)11-14-9-16(19)8-5-13(14)10-20-21-17(23)12-3-6-15(18)7-4-12/h3-10H,11,18-19H2,1-2H3,(H,21,23)/b20-10+. The van der Waals surface area contributed by atoms with Crippen LogP contribution in [0.15, 0.2) is 47.6 Å². The Balaban J connectivity index is 2.08. The van der Waals surface area contributed by atoms with Crippen molar-refractivity contribution in [2.24, 2.45) is 5.10 Å². The SMILES string of the molecule is CN(C)Cc1cc(N)ccc1/C=N/NC(=O)c1ccc(N)cc1. The van der Waals surface area contributed by atoms with Crippen LogP contribution in [0.3, 0.4) is 0 Å². The van der Waals surface area contributed by atoms with Gasteiger partial charge in [0.2, 0.25) is 0 Å². The van der Waals surface area contributed by atoms with Gasteiger partial charge < -0.3 is 16.4 Å². The number of hydrazone groups is 1. The van der Waals surface area contributed by atoms with Crippen LogP contribution < -0.4 is 16.9 Å². The third-order valence-electron chi connectivity index (χ3n) is 3.20. The summed E-state index contributed by atoms with van der Waals surface area (Å²) in [7, 11) is 3.96. The highest BCUT2D eigenvalue weighted by Crippen LogP contribution is 2.13. The van der Waals surface area contributed by atoms with E-state index in [-0.39, 0.29) is 5.91 Å². The molecule has 0 saturated carbocycles. The summed E-state index contributed by atoms with van der Waals surface area (Å²) in [5, 5.41) is 4.02. The summed E-state index contributed by atoms with van der Waals surface area (Å²) < 4.78 is 0. The zero-order valence-corrected chi connectivity index (χ0v) is 13.3. The molecular weight excluding hydrogens is 290 g/mol. The third-order valence-corrected chi connectivity index (χ3v) is 3.20. The second kappa shape index (κ2) is 7.42. The van der Waals surface area contributed by atoms with Crippen molar-refractivity contribution in [1.82, 2.24) is 10.3 Å². The number of nitrogens with zero attached hydrogens (tertiary/aromatic N) is 2.